The molecule has 6 heteroatoms. The summed E-state index contributed by atoms with van der Waals surface area (Å²) in [5.41, 5.74) is 0. The second kappa shape index (κ2) is 1.37. The zero-order chi connectivity index (χ0) is 5.40. The summed E-state index contributed by atoms with van der Waals surface area (Å²) < 4.78 is 9.06. The van der Waals surface area contributed by atoms with Crippen LogP contribution in [0.5, 0.6) is 0 Å². The van der Waals surface area contributed by atoms with Gasteiger partial charge in [0.2, 0.25) is 0 Å². The van der Waals surface area contributed by atoms with Gasteiger partial charge >= 0.3 is 9.28 Å². The molecule has 1 aromatic heterocycles. The van der Waals surface area contributed by atoms with Crippen LogP contribution in [-0.4, -0.2) is 24.7 Å². The van der Waals surface area contributed by atoms with E-state index in [9.17, 15) is 0 Å². The van der Waals surface area contributed by atoms with Crippen LogP contribution >= 0.6 is 0 Å². The van der Waals surface area contributed by atoms with Crippen LogP contribution in [0.15, 0.2) is 6.20 Å². The van der Waals surface area contributed by atoms with E-state index in [0.29, 0.717) is 0 Å². The summed E-state index contributed by atoms with van der Waals surface area (Å²) in [5.74, 6) is 0. The molecule has 0 unspecified atom stereocenters. The van der Waals surface area contributed by atoms with Gasteiger partial charge in [-0.3, -0.25) is 0 Å². The largest absolute Gasteiger partial charge is 0.511 e. The Morgan fingerprint density at radius 1 is 1.62 bits per heavy atom. The summed E-state index contributed by atoms with van der Waals surface area (Å²) in [4.78, 5) is 0. The van der Waals surface area contributed by atoms with E-state index in [1.807, 2.05) is 0 Å². The first-order valence-electron chi connectivity index (χ1n) is 2.04. The number of nitrogens with zero attached hydrogens (tertiary/aromatic N) is 2. The van der Waals surface area contributed by atoms with Crippen molar-refractivity contribution >= 4 is 14.6 Å². The fraction of sp³-hybridized carbons (Fsp3) is 0. The highest BCUT2D eigenvalue weighted by Crippen LogP contribution is 2.03. The second-order valence-electron chi connectivity index (χ2n) is 1.31. The first kappa shape index (κ1) is 4.19. The molecule has 1 aliphatic heterocycles. The van der Waals surface area contributed by atoms with Crippen molar-refractivity contribution in [1.29, 1.82) is 0 Å². The number of aromatic nitrogens is 3. The van der Waals surface area contributed by atoms with Gasteiger partial charge in [-0.15, -0.1) is 0 Å². The minimum absolute atomic E-state index is 0.787. The van der Waals surface area contributed by atoms with E-state index in [1.54, 1.807) is 6.20 Å². The van der Waals surface area contributed by atoms with Gasteiger partial charge in [-0.1, -0.05) is 0 Å². The predicted octanol–water partition coefficient (Wildman–Crippen LogP) is -1.54. The van der Waals surface area contributed by atoms with Crippen molar-refractivity contribution in [2.75, 3.05) is 0 Å². The van der Waals surface area contributed by atoms with E-state index < -0.39 is 9.28 Å². The summed E-state index contributed by atoms with van der Waals surface area (Å²) in [6.45, 7) is 0. The third-order valence-corrected chi connectivity index (χ3v) is 1.78. The van der Waals surface area contributed by atoms with Gasteiger partial charge in [0, 0.05) is 0 Å². The summed E-state index contributed by atoms with van der Waals surface area (Å²) >= 11 is 0. The SMILES string of the molecule is c1n[nH]nc1[Si]1OO1. The van der Waals surface area contributed by atoms with Crippen molar-refractivity contribution in [3.05, 3.63) is 6.20 Å². The van der Waals surface area contributed by atoms with E-state index in [-0.39, 0.29) is 0 Å². The Morgan fingerprint density at radius 3 is 3.00 bits per heavy atom. The highest BCUT2D eigenvalue weighted by molar-refractivity contribution is 6.64. The molecule has 2 rings (SSSR count). The fourth-order valence-electron chi connectivity index (χ4n) is 0.406. The topological polar surface area (TPSA) is 66.6 Å². The van der Waals surface area contributed by atoms with Gasteiger partial charge in [0.15, 0.2) is 0 Å². The number of hydrogen-bond donors (Lipinski definition) is 1. The van der Waals surface area contributed by atoms with Crippen LogP contribution in [0.1, 0.15) is 0 Å². The molecule has 1 saturated heterocycles. The molecular weight excluding hydrogens is 126 g/mol. The van der Waals surface area contributed by atoms with Crippen LogP contribution in [0.2, 0.25) is 0 Å². The molecule has 1 fully saturated rings. The molecule has 1 aliphatic rings. The number of aromatic amines is 1. The average molecular weight is 128 g/mol. The monoisotopic (exact) mass is 128 g/mol. The van der Waals surface area contributed by atoms with Crippen LogP contribution in [-0.2, 0) is 9.15 Å². The van der Waals surface area contributed by atoms with Crippen molar-refractivity contribution in [2.24, 2.45) is 0 Å². The molecular formula is C2H2N3O2Si. The third-order valence-electron chi connectivity index (χ3n) is 0.791. The molecule has 8 heavy (non-hydrogen) atoms. The molecule has 0 amide bonds. The van der Waals surface area contributed by atoms with E-state index in [0.717, 1.165) is 5.32 Å². The molecule has 2 heterocycles. The predicted molar refractivity (Wildman–Crippen MR) is 23.9 cm³/mol. The normalized spacial score (nSPS) is 19.0. The van der Waals surface area contributed by atoms with E-state index in [4.69, 9.17) is 0 Å². The summed E-state index contributed by atoms with van der Waals surface area (Å²) in [7, 11) is -1.12. The Bertz CT molecular complexity index is 171. The first-order chi connectivity index (χ1) is 3.97. The molecule has 0 spiro atoms. The Hall–Kier alpha value is -0.723. The minimum atomic E-state index is -1.12. The number of rotatable bonds is 1. The molecule has 1 N–H and O–H groups in total. The molecule has 0 atom stereocenters. The van der Waals surface area contributed by atoms with E-state index in [2.05, 4.69) is 24.6 Å². The summed E-state index contributed by atoms with van der Waals surface area (Å²) in [6, 6.07) is 0. The van der Waals surface area contributed by atoms with Crippen LogP contribution in [0.25, 0.3) is 0 Å². The fourth-order valence-corrected chi connectivity index (χ4v) is 1.05. The molecule has 0 bridgehead atoms. The van der Waals surface area contributed by atoms with Crippen LogP contribution in [0.3, 0.4) is 0 Å². The first-order valence-corrected chi connectivity index (χ1v) is 3.36. The lowest BCUT2D eigenvalue weighted by atomic mass is 10.9. The van der Waals surface area contributed by atoms with Gasteiger partial charge in [-0.25, -0.2) is 9.15 Å². The van der Waals surface area contributed by atoms with Gasteiger partial charge in [0.1, 0.15) is 5.32 Å². The van der Waals surface area contributed by atoms with Gasteiger partial charge in [0.05, 0.1) is 6.20 Å². The Morgan fingerprint density at radius 2 is 2.50 bits per heavy atom. The third kappa shape index (κ3) is 0.548. The zero-order valence-corrected chi connectivity index (χ0v) is 4.79. The highest BCUT2D eigenvalue weighted by Gasteiger charge is 2.38. The van der Waals surface area contributed by atoms with Crippen molar-refractivity contribution in [3.8, 4) is 0 Å². The molecule has 0 aliphatic carbocycles. The summed E-state index contributed by atoms with van der Waals surface area (Å²) in [5, 5.41) is 10.6. The summed E-state index contributed by atoms with van der Waals surface area (Å²) in [6.07, 6.45) is 1.60. The smallest absolute Gasteiger partial charge is 0.246 e. The lowest BCUT2D eigenvalue weighted by Crippen LogP contribution is -2.17. The van der Waals surface area contributed by atoms with Crippen LogP contribution in [0.4, 0.5) is 0 Å². The molecule has 5 nitrogen and oxygen atoms in total. The molecule has 0 aromatic carbocycles. The maximum absolute atomic E-state index is 4.53. The number of H-pyrrole nitrogens is 1. The van der Waals surface area contributed by atoms with Crippen molar-refractivity contribution in [3.63, 3.8) is 0 Å². The van der Waals surface area contributed by atoms with Crippen LogP contribution in [0, 0.1) is 0 Å². The standard InChI is InChI=1S/C2H2N3O2Si/c1-2(4-5-3-1)8-6-7-8/h1H,(H,3,4,5). The van der Waals surface area contributed by atoms with Gasteiger partial charge in [-0.2, -0.15) is 15.4 Å². The van der Waals surface area contributed by atoms with Crippen molar-refractivity contribution in [2.45, 2.75) is 0 Å². The lowest BCUT2D eigenvalue weighted by molar-refractivity contribution is 0.0850. The number of hydrogen-bond acceptors (Lipinski definition) is 4. The molecule has 1 aromatic rings. The second-order valence-corrected chi connectivity index (χ2v) is 2.73. The Labute approximate surface area is 46.4 Å². The van der Waals surface area contributed by atoms with E-state index >= 15 is 0 Å². The van der Waals surface area contributed by atoms with Crippen LogP contribution < -0.4 is 5.32 Å². The maximum Gasteiger partial charge on any atom is 0.511 e. The minimum Gasteiger partial charge on any atom is -0.246 e. The average Bonchev–Trinajstić information content (AvgIpc) is 2.49. The van der Waals surface area contributed by atoms with E-state index in [1.165, 1.54) is 0 Å². The van der Waals surface area contributed by atoms with Crippen molar-refractivity contribution in [1.82, 2.24) is 15.4 Å². The van der Waals surface area contributed by atoms with Gasteiger partial charge < -0.3 is 0 Å². The lowest BCUT2D eigenvalue weighted by Gasteiger charge is -1.65. The number of nitrogens with one attached hydrogen (secondary N) is 1. The Balaban J connectivity index is 2.28. The molecule has 1 radical (unpaired) electrons. The van der Waals surface area contributed by atoms with Gasteiger partial charge in [0.25, 0.3) is 0 Å². The highest BCUT2D eigenvalue weighted by atomic mass is 28.3. The van der Waals surface area contributed by atoms with Gasteiger partial charge in [-0.05, 0) is 0 Å². The molecule has 0 saturated carbocycles. The molecule has 41 valence electrons. The zero-order valence-electron chi connectivity index (χ0n) is 3.79. The maximum atomic E-state index is 4.53. The van der Waals surface area contributed by atoms with Crippen molar-refractivity contribution < 1.29 is 9.15 Å². The Kier molecular flexibility index (Phi) is 0.719. The quantitative estimate of drug-likeness (QED) is 0.283.